The van der Waals surface area contributed by atoms with E-state index in [4.69, 9.17) is 4.74 Å². The SMILES string of the molecule is CC(C)(C)OC(=O)n1ccc2sccc21. The molecule has 3 nitrogen and oxygen atoms in total. The van der Waals surface area contributed by atoms with Crippen molar-refractivity contribution in [3.63, 3.8) is 0 Å². The van der Waals surface area contributed by atoms with Gasteiger partial charge in [-0.05, 0) is 38.3 Å². The van der Waals surface area contributed by atoms with Crippen molar-refractivity contribution in [3.05, 3.63) is 23.7 Å². The Balaban J connectivity index is 2.32. The molecule has 15 heavy (non-hydrogen) atoms. The number of ether oxygens (including phenoxy) is 1. The molecule has 80 valence electrons. The van der Waals surface area contributed by atoms with Gasteiger partial charge in [0.2, 0.25) is 0 Å². The first-order valence-corrected chi connectivity index (χ1v) is 5.63. The highest BCUT2D eigenvalue weighted by molar-refractivity contribution is 7.17. The monoisotopic (exact) mass is 223 g/mol. The summed E-state index contributed by atoms with van der Waals surface area (Å²) in [5.74, 6) is 0. The molecule has 0 fully saturated rings. The van der Waals surface area contributed by atoms with Gasteiger partial charge in [-0.25, -0.2) is 4.79 Å². The second-order valence-electron chi connectivity index (χ2n) is 4.34. The summed E-state index contributed by atoms with van der Waals surface area (Å²) in [4.78, 5) is 11.8. The Labute approximate surface area is 92.3 Å². The van der Waals surface area contributed by atoms with Gasteiger partial charge >= 0.3 is 6.09 Å². The highest BCUT2D eigenvalue weighted by Gasteiger charge is 2.18. The maximum Gasteiger partial charge on any atom is 0.419 e. The fourth-order valence-corrected chi connectivity index (χ4v) is 2.10. The van der Waals surface area contributed by atoms with Crippen molar-refractivity contribution in [2.24, 2.45) is 0 Å². The third-order valence-electron chi connectivity index (χ3n) is 1.90. The van der Waals surface area contributed by atoms with Crippen molar-refractivity contribution >= 4 is 27.6 Å². The molecule has 0 amide bonds. The lowest BCUT2D eigenvalue weighted by atomic mass is 10.2. The summed E-state index contributed by atoms with van der Waals surface area (Å²) in [5, 5.41) is 1.96. The summed E-state index contributed by atoms with van der Waals surface area (Å²) in [5.41, 5.74) is 0.457. The van der Waals surface area contributed by atoms with Gasteiger partial charge in [0.15, 0.2) is 0 Å². The van der Waals surface area contributed by atoms with Crippen LogP contribution in [-0.4, -0.2) is 16.3 Å². The third kappa shape index (κ3) is 2.04. The first-order valence-electron chi connectivity index (χ1n) is 4.75. The van der Waals surface area contributed by atoms with Gasteiger partial charge in [-0.1, -0.05) is 0 Å². The average Bonchev–Trinajstić information content (AvgIpc) is 2.57. The Bertz CT molecular complexity index is 490. The molecule has 0 saturated heterocycles. The second-order valence-corrected chi connectivity index (χ2v) is 5.28. The lowest BCUT2D eigenvalue weighted by Crippen LogP contribution is -2.26. The molecule has 0 aliphatic heterocycles. The van der Waals surface area contributed by atoms with Crippen LogP contribution in [0.2, 0.25) is 0 Å². The molecule has 4 heteroatoms. The molecule has 0 spiro atoms. The first kappa shape index (κ1) is 10.2. The standard InChI is InChI=1S/C11H13NO2S/c1-11(2,3)14-10(13)12-6-4-9-8(12)5-7-15-9/h4-7H,1-3H3. The summed E-state index contributed by atoms with van der Waals surface area (Å²) in [6.07, 6.45) is 1.42. The number of thiophene rings is 1. The normalized spacial score (nSPS) is 11.9. The van der Waals surface area contributed by atoms with Crippen LogP contribution in [0.3, 0.4) is 0 Å². The molecule has 2 aromatic heterocycles. The largest absolute Gasteiger partial charge is 0.443 e. The van der Waals surface area contributed by atoms with E-state index in [1.807, 2.05) is 38.3 Å². The van der Waals surface area contributed by atoms with Gasteiger partial charge in [0.1, 0.15) is 5.60 Å². The number of carbonyl (C=O) groups is 1. The van der Waals surface area contributed by atoms with Crippen molar-refractivity contribution in [1.29, 1.82) is 0 Å². The zero-order chi connectivity index (χ0) is 11.1. The van der Waals surface area contributed by atoms with E-state index in [0.717, 1.165) is 10.2 Å². The van der Waals surface area contributed by atoms with E-state index in [1.165, 1.54) is 4.57 Å². The molecule has 0 aliphatic rings. The van der Waals surface area contributed by atoms with E-state index in [0.29, 0.717) is 0 Å². The maximum atomic E-state index is 11.8. The van der Waals surface area contributed by atoms with Gasteiger partial charge in [0, 0.05) is 6.20 Å². The summed E-state index contributed by atoms with van der Waals surface area (Å²) in [6.45, 7) is 5.58. The van der Waals surface area contributed by atoms with Crippen LogP contribution in [0.4, 0.5) is 4.79 Å². The molecule has 2 heterocycles. The highest BCUT2D eigenvalue weighted by Crippen LogP contribution is 2.22. The van der Waals surface area contributed by atoms with E-state index in [-0.39, 0.29) is 6.09 Å². The molecule has 2 aromatic rings. The van der Waals surface area contributed by atoms with Crippen molar-refractivity contribution < 1.29 is 9.53 Å². The zero-order valence-corrected chi connectivity index (χ0v) is 9.80. The molecule has 0 bridgehead atoms. The minimum absolute atomic E-state index is 0.323. The topological polar surface area (TPSA) is 31.2 Å². The molecule has 0 atom stereocenters. The van der Waals surface area contributed by atoms with Gasteiger partial charge in [-0.2, -0.15) is 0 Å². The highest BCUT2D eigenvalue weighted by atomic mass is 32.1. The van der Waals surface area contributed by atoms with Gasteiger partial charge in [-0.15, -0.1) is 11.3 Å². The summed E-state index contributed by atoms with van der Waals surface area (Å²) < 4.78 is 7.93. The number of hydrogen-bond donors (Lipinski definition) is 0. The third-order valence-corrected chi connectivity index (χ3v) is 2.77. The molecule has 0 aromatic carbocycles. The Hall–Kier alpha value is -1.29. The Morgan fingerprint density at radius 3 is 2.80 bits per heavy atom. The Morgan fingerprint density at radius 2 is 2.13 bits per heavy atom. The second kappa shape index (κ2) is 3.38. The average molecular weight is 223 g/mol. The van der Waals surface area contributed by atoms with Crippen LogP contribution in [0.25, 0.3) is 10.2 Å². The lowest BCUT2D eigenvalue weighted by Gasteiger charge is -2.19. The Kier molecular flexibility index (Phi) is 2.31. The Morgan fingerprint density at radius 1 is 1.40 bits per heavy atom. The van der Waals surface area contributed by atoms with Crippen molar-refractivity contribution in [2.45, 2.75) is 26.4 Å². The fourth-order valence-electron chi connectivity index (χ4n) is 1.33. The minimum Gasteiger partial charge on any atom is -0.443 e. The van der Waals surface area contributed by atoms with Crippen LogP contribution in [-0.2, 0) is 4.74 Å². The number of rotatable bonds is 0. The smallest absolute Gasteiger partial charge is 0.419 e. The molecule has 0 aliphatic carbocycles. The fraction of sp³-hybridized carbons (Fsp3) is 0.364. The number of carbonyl (C=O) groups excluding carboxylic acids is 1. The van der Waals surface area contributed by atoms with E-state index in [1.54, 1.807) is 17.5 Å². The van der Waals surface area contributed by atoms with Gasteiger partial charge < -0.3 is 4.74 Å². The van der Waals surface area contributed by atoms with Crippen molar-refractivity contribution in [2.75, 3.05) is 0 Å². The van der Waals surface area contributed by atoms with Gasteiger partial charge in [-0.3, -0.25) is 4.57 Å². The molecule has 0 N–H and O–H groups in total. The molecule has 0 radical (unpaired) electrons. The van der Waals surface area contributed by atoms with Gasteiger partial charge in [0.25, 0.3) is 0 Å². The van der Waals surface area contributed by atoms with E-state index < -0.39 is 5.60 Å². The number of nitrogens with zero attached hydrogens (tertiary/aromatic N) is 1. The molecular formula is C11H13NO2S. The summed E-state index contributed by atoms with van der Waals surface area (Å²) in [6, 6.07) is 3.84. The van der Waals surface area contributed by atoms with Crippen LogP contribution in [0, 0.1) is 0 Å². The predicted molar refractivity (Wildman–Crippen MR) is 61.4 cm³/mol. The van der Waals surface area contributed by atoms with E-state index in [2.05, 4.69) is 0 Å². The van der Waals surface area contributed by atoms with Crippen LogP contribution in [0.15, 0.2) is 23.7 Å². The first-order chi connectivity index (χ1) is 6.97. The van der Waals surface area contributed by atoms with Crippen LogP contribution < -0.4 is 0 Å². The number of fused-ring (bicyclic) bond motifs is 1. The summed E-state index contributed by atoms with van der Waals surface area (Å²) >= 11 is 1.61. The van der Waals surface area contributed by atoms with Crippen molar-refractivity contribution in [3.8, 4) is 0 Å². The predicted octanol–water partition coefficient (Wildman–Crippen LogP) is 3.49. The van der Waals surface area contributed by atoms with Crippen LogP contribution >= 0.6 is 11.3 Å². The minimum atomic E-state index is -0.455. The molecular weight excluding hydrogens is 210 g/mol. The lowest BCUT2D eigenvalue weighted by molar-refractivity contribution is 0.0544. The van der Waals surface area contributed by atoms with E-state index >= 15 is 0 Å². The van der Waals surface area contributed by atoms with Gasteiger partial charge in [0.05, 0.1) is 10.2 Å². The van der Waals surface area contributed by atoms with Crippen molar-refractivity contribution in [1.82, 2.24) is 4.57 Å². The van der Waals surface area contributed by atoms with Crippen LogP contribution in [0.1, 0.15) is 20.8 Å². The molecule has 0 saturated carbocycles. The summed E-state index contributed by atoms with van der Waals surface area (Å²) in [7, 11) is 0. The number of aromatic nitrogens is 1. The quantitative estimate of drug-likeness (QED) is 0.684. The molecule has 0 unspecified atom stereocenters. The number of hydrogen-bond acceptors (Lipinski definition) is 3. The van der Waals surface area contributed by atoms with E-state index in [9.17, 15) is 4.79 Å². The van der Waals surface area contributed by atoms with Crippen LogP contribution in [0.5, 0.6) is 0 Å². The molecule has 2 rings (SSSR count). The zero-order valence-electron chi connectivity index (χ0n) is 8.98. The maximum absolute atomic E-state index is 11.8.